The van der Waals surface area contributed by atoms with E-state index in [0.717, 1.165) is 17.5 Å². The van der Waals surface area contributed by atoms with Crippen molar-refractivity contribution in [1.82, 2.24) is 9.88 Å². The highest BCUT2D eigenvalue weighted by molar-refractivity contribution is 6.46. The summed E-state index contributed by atoms with van der Waals surface area (Å²) in [5, 5.41) is 11.0. The molecule has 1 unspecified atom stereocenters. The highest BCUT2D eigenvalue weighted by atomic mass is 16.5. The molecular formula is C26H24N2O4. The number of benzene rings is 2. The number of likely N-dealkylation sites (tertiary alicyclic amines) is 1. The summed E-state index contributed by atoms with van der Waals surface area (Å²) in [7, 11) is 0. The van der Waals surface area contributed by atoms with E-state index in [1.165, 1.54) is 4.90 Å². The maximum atomic E-state index is 13.1. The van der Waals surface area contributed by atoms with Crippen molar-refractivity contribution in [2.45, 2.75) is 25.9 Å². The van der Waals surface area contributed by atoms with Crippen LogP contribution in [0.2, 0.25) is 0 Å². The molecule has 32 heavy (non-hydrogen) atoms. The first-order valence-electron chi connectivity index (χ1n) is 10.6. The number of nitrogens with zero attached hydrogens (tertiary/aromatic N) is 2. The van der Waals surface area contributed by atoms with Crippen LogP contribution in [0, 0.1) is 0 Å². The number of carbonyl (C=O) groups is 2. The van der Waals surface area contributed by atoms with Gasteiger partial charge < -0.3 is 14.7 Å². The Morgan fingerprint density at radius 3 is 2.44 bits per heavy atom. The van der Waals surface area contributed by atoms with Crippen LogP contribution in [0.3, 0.4) is 0 Å². The third-order valence-corrected chi connectivity index (χ3v) is 5.33. The maximum Gasteiger partial charge on any atom is 0.295 e. The van der Waals surface area contributed by atoms with Crippen molar-refractivity contribution in [1.29, 1.82) is 0 Å². The number of aliphatic hydroxyl groups excluding tert-OH is 1. The van der Waals surface area contributed by atoms with Crippen LogP contribution in [0.25, 0.3) is 5.76 Å². The minimum Gasteiger partial charge on any atom is -0.507 e. The van der Waals surface area contributed by atoms with Crippen LogP contribution in [0.4, 0.5) is 0 Å². The van der Waals surface area contributed by atoms with Crippen LogP contribution < -0.4 is 4.74 Å². The third-order valence-electron chi connectivity index (χ3n) is 5.33. The normalized spacial score (nSPS) is 17.5. The SMILES string of the molecule is CCCOc1ccc(C2/C(=C(/O)c3ccccc3)C(=O)C(=O)N2Cc2cccnc2)cc1. The number of ether oxygens (including phenoxy) is 1. The van der Waals surface area contributed by atoms with E-state index in [1.807, 2.05) is 43.3 Å². The van der Waals surface area contributed by atoms with E-state index >= 15 is 0 Å². The van der Waals surface area contributed by atoms with Crippen molar-refractivity contribution < 1.29 is 19.4 Å². The van der Waals surface area contributed by atoms with Gasteiger partial charge in [-0.3, -0.25) is 14.6 Å². The monoisotopic (exact) mass is 428 g/mol. The molecular weight excluding hydrogens is 404 g/mol. The molecule has 2 heterocycles. The second-order valence-corrected chi connectivity index (χ2v) is 7.57. The average molecular weight is 428 g/mol. The summed E-state index contributed by atoms with van der Waals surface area (Å²) in [5.41, 5.74) is 2.07. The van der Waals surface area contributed by atoms with Gasteiger partial charge >= 0.3 is 0 Å². The summed E-state index contributed by atoms with van der Waals surface area (Å²) in [6.45, 7) is 2.83. The van der Waals surface area contributed by atoms with Gasteiger partial charge in [0.2, 0.25) is 0 Å². The fourth-order valence-electron chi connectivity index (χ4n) is 3.80. The van der Waals surface area contributed by atoms with Crippen LogP contribution in [-0.2, 0) is 16.1 Å². The zero-order chi connectivity index (χ0) is 22.5. The average Bonchev–Trinajstić information content (AvgIpc) is 3.08. The molecule has 1 aliphatic rings. The number of rotatable bonds is 7. The van der Waals surface area contributed by atoms with Gasteiger partial charge in [-0.25, -0.2) is 0 Å². The molecule has 1 aromatic heterocycles. The minimum atomic E-state index is -0.726. The Bertz CT molecular complexity index is 1130. The van der Waals surface area contributed by atoms with Gasteiger partial charge in [0.1, 0.15) is 11.5 Å². The molecule has 3 aromatic rings. The standard InChI is InChI=1S/C26H24N2O4/c1-2-15-32-21-12-10-19(11-13-21)23-22(24(29)20-8-4-3-5-9-20)25(30)26(31)28(23)17-18-7-6-14-27-16-18/h3-14,16,23,29H,2,15,17H2,1H3/b24-22-. The van der Waals surface area contributed by atoms with Gasteiger partial charge in [-0.05, 0) is 35.7 Å². The molecule has 6 nitrogen and oxygen atoms in total. The van der Waals surface area contributed by atoms with Crippen LogP contribution in [-0.4, -0.2) is 33.3 Å². The first-order chi connectivity index (χ1) is 15.6. The van der Waals surface area contributed by atoms with E-state index in [2.05, 4.69) is 4.98 Å². The molecule has 0 saturated carbocycles. The lowest BCUT2D eigenvalue weighted by molar-refractivity contribution is -0.140. The molecule has 0 aliphatic carbocycles. The molecule has 1 N–H and O–H groups in total. The summed E-state index contributed by atoms with van der Waals surface area (Å²) in [6.07, 6.45) is 4.21. The molecule has 1 amide bonds. The predicted molar refractivity (Wildman–Crippen MR) is 121 cm³/mol. The van der Waals surface area contributed by atoms with E-state index in [4.69, 9.17) is 4.74 Å². The molecule has 162 valence electrons. The number of Topliss-reactive ketones (excluding diaryl/α,β-unsaturated/α-hetero) is 1. The number of aromatic nitrogens is 1. The number of amides is 1. The zero-order valence-electron chi connectivity index (χ0n) is 17.8. The largest absolute Gasteiger partial charge is 0.507 e. The molecule has 1 aliphatic heterocycles. The topological polar surface area (TPSA) is 79.7 Å². The molecule has 0 radical (unpaired) electrons. The number of hydrogen-bond acceptors (Lipinski definition) is 5. The molecule has 0 bridgehead atoms. The number of aliphatic hydroxyl groups is 1. The Balaban J connectivity index is 1.79. The number of ketones is 1. The highest BCUT2D eigenvalue weighted by Gasteiger charge is 2.46. The van der Waals surface area contributed by atoms with Gasteiger partial charge in [0.15, 0.2) is 0 Å². The van der Waals surface area contributed by atoms with E-state index in [-0.39, 0.29) is 17.9 Å². The van der Waals surface area contributed by atoms with Gasteiger partial charge in [0.05, 0.1) is 18.2 Å². The Hall–Kier alpha value is -3.93. The molecule has 4 rings (SSSR count). The summed E-state index contributed by atoms with van der Waals surface area (Å²) < 4.78 is 5.66. The summed E-state index contributed by atoms with van der Waals surface area (Å²) in [5.74, 6) is -0.828. The fraction of sp³-hybridized carbons (Fsp3) is 0.192. The molecule has 1 atom stereocenters. The lowest BCUT2D eigenvalue weighted by Crippen LogP contribution is -2.29. The van der Waals surface area contributed by atoms with Crippen LogP contribution in [0.15, 0.2) is 84.7 Å². The molecule has 6 heteroatoms. The van der Waals surface area contributed by atoms with Crippen molar-refractivity contribution in [2.24, 2.45) is 0 Å². The first kappa shape index (κ1) is 21.3. The Kier molecular flexibility index (Phi) is 6.31. The molecule has 0 spiro atoms. The van der Waals surface area contributed by atoms with Gasteiger partial charge in [-0.1, -0.05) is 55.5 Å². The van der Waals surface area contributed by atoms with Crippen molar-refractivity contribution in [2.75, 3.05) is 6.61 Å². The summed E-state index contributed by atoms with van der Waals surface area (Å²) in [6, 6.07) is 19.0. The van der Waals surface area contributed by atoms with Gasteiger partial charge in [-0.2, -0.15) is 0 Å². The Labute approximate surface area is 186 Å². The lowest BCUT2D eigenvalue weighted by atomic mass is 9.95. The van der Waals surface area contributed by atoms with Gasteiger partial charge in [0.25, 0.3) is 11.7 Å². The van der Waals surface area contributed by atoms with Gasteiger partial charge in [-0.15, -0.1) is 0 Å². The second kappa shape index (κ2) is 9.47. The van der Waals surface area contributed by atoms with Crippen LogP contribution in [0.5, 0.6) is 5.75 Å². The Morgan fingerprint density at radius 1 is 1.03 bits per heavy atom. The second-order valence-electron chi connectivity index (χ2n) is 7.57. The molecule has 2 aromatic carbocycles. The molecule has 1 fully saturated rings. The van der Waals surface area contributed by atoms with Crippen molar-refractivity contribution in [3.8, 4) is 5.75 Å². The quantitative estimate of drug-likeness (QED) is 0.341. The first-order valence-corrected chi connectivity index (χ1v) is 10.6. The van der Waals surface area contributed by atoms with Crippen LogP contribution in [0.1, 0.15) is 36.1 Å². The van der Waals surface area contributed by atoms with Crippen molar-refractivity contribution in [3.05, 3.63) is 101 Å². The van der Waals surface area contributed by atoms with E-state index in [0.29, 0.717) is 17.9 Å². The maximum absolute atomic E-state index is 13.1. The van der Waals surface area contributed by atoms with E-state index < -0.39 is 17.7 Å². The van der Waals surface area contributed by atoms with E-state index in [1.54, 1.807) is 42.7 Å². The van der Waals surface area contributed by atoms with Crippen molar-refractivity contribution in [3.63, 3.8) is 0 Å². The lowest BCUT2D eigenvalue weighted by Gasteiger charge is -2.25. The number of hydrogen-bond donors (Lipinski definition) is 1. The van der Waals surface area contributed by atoms with Gasteiger partial charge in [0, 0.05) is 24.5 Å². The molecule has 1 saturated heterocycles. The van der Waals surface area contributed by atoms with Crippen LogP contribution >= 0.6 is 0 Å². The number of pyridine rings is 1. The zero-order valence-corrected chi connectivity index (χ0v) is 17.8. The minimum absolute atomic E-state index is 0.0762. The van der Waals surface area contributed by atoms with E-state index in [9.17, 15) is 14.7 Å². The third kappa shape index (κ3) is 4.25. The smallest absolute Gasteiger partial charge is 0.295 e. The Morgan fingerprint density at radius 2 is 1.78 bits per heavy atom. The summed E-state index contributed by atoms with van der Waals surface area (Å²) >= 11 is 0. The highest BCUT2D eigenvalue weighted by Crippen LogP contribution is 2.40. The fourth-order valence-corrected chi connectivity index (χ4v) is 3.80. The summed E-state index contributed by atoms with van der Waals surface area (Å²) in [4.78, 5) is 31.7. The number of carbonyl (C=O) groups excluding carboxylic acids is 2. The predicted octanol–water partition coefficient (Wildman–Crippen LogP) is 4.49. The van der Waals surface area contributed by atoms with Crippen molar-refractivity contribution >= 4 is 17.4 Å².